The Bertz CT molecular complexity index is 508. The Morgan fingerprint density at radius 2 is 1.64 bits per heavy atom. The molecule has 0 saturated carbocycles. The zero-order chi connectivity index (χ0) is 10.3. The summed E-state index contributed by atoms with van der Waals surface area (Å²) < 4.78 is 39.1. The molecule has 0 aromatic heterocycles. The van der Waals surface area contributed by atoms with Crippen LogP contribution in [0.3, 0.4) is 0 Å². The SMILES string of the molecule is [B]c1ccc(F)c2c(F)cc(F)cc12. The Morgan fingerprint density at radius 1 is 0.929 bits per heavy atom. The third kappa shape index (κ3) is 1.27. The summed E-state index contributed by atoms with van der Waals surface area (Å²) in [4.78, 5) is 0. The first-order chi connectivity index (χ1) is 6.59. The van der Waals surface area contributed by atoms with Gasteiger partial charge in [-0.05, 0) is 17.5 Å². The Kier molecular flexibility index (Phi) is 1.99. The highest BCUT2D eigenvalue weighted by atomic mass is 19.1. The molecule has 0 N–H and O–H groups in total. The van der Waals surface area contributed by atoms with Crippen LogP contribution in [0.2, 0.25) is 0 Å². The lowest BCUT2D eigenvalue weighted by atomic mass is 9.90. The van der Waals surface area contributed by atoms with Gasteiger partial charge >= 0.3 is 0 Å². The van der Waals surface area contributed by atoms with Crippen molar-refractivity contribution in [1.29, 1.82) is 0 Å². The van der Waals surface area contributed by atoms with Crippen LogP contribution in [0.5, 0.6) is 0 Å². The van der Waals surface area contributed by atoms with Crippen molar-refractivity contribution in [3.63, 3.8) is 0 Å². The average Bonchev–Trinajstić information content (AvgIpc) is 2.10. The molecule has 2 rings (SSSR count). The molecule has 4 heteroatoms. The van der Waals surface area contributed by atoms with E-state index in [1.165, 1.54) is 6.07 Å². The van der Waals surface area contributed by atoms with Gasteiger partial charge in [0.15, 0.2) is 0 Å². The zero-order valence-corrected chi connectivity index (χ0v) is 7.02. The van der Waals surface area contributed by atoms with Crippen molar-refractivity contribution in [1.82, 2.24) is 0 Å². The van der Waals surface area contributed by atoms with E-state index >= 15 is 0 Å². The molecule has 0 saturated heterocycles. The quantitative estimate of drug-likeness (QED) is 0.560. The molecular formula is C10H4BF3. The summed E-state index contributed by atoms with van der Waals surface area (Å²) in [6, 6.07) is 3.97. The minimum atomic E-state index is -0.940. The van der Waals surface area contributed by atoms with Gasteiger partial charge < -0.3 is 0 Å². The van der Waals surface area contributed by atoms with E-state index in [0.717, 1.165) is 12.1 Å². The van der Waals surface area contributed by atoms with Crippen molar-refractivity contribution in [3.05, 3.63) is 41.7 Å². The number of rotatable bonds is 0. The highest BCUT2D eigenvalue weighted by molar-refractivity contribution is 6.38. The predicted octanol–water partition coefficient (Wildman–Crippen LogP) is 2.05. The van der Waals surface area contributed by atoms with E-state index in [1.54, 1.807) is 0 Å². The molecule has 0 aliphatic rings. The third-order valence-corrected chi connectivity index (χ3v) is 2.01. The largest absolute Gasteiger partial charge is 0.207 e. The first-order valence-corrected chi connectivity index (χ1v) is 3.92. The lowest BCUT2D eigenvalue weighted by Crippen LogP contribution is -2.05. The molecule has 14 heavy (non-hydrogen) atoms. The van der Waals surface area contributed by atoms with Crippen LogP contribution in [0.25, 0.3) is 10.8 Å². The molecule has 0 atom stereocenters. The van der Waals surface area contributed by atoms with Gasteiger partial charge in [0.05, 0.1) is 5.39 Å². The predicted molar refractivity (Wildman–Crippen MR) is 49.2 cm³/mol. The van der Waals surface area contributed by atoms with Gasteiger partial charge in [0.2, 0.25) is 0 Å². The van der Waals surface area contributed by atoms with Crippen LogP contribution in [0.15, 0.2) is 24.3 Å². The van der Waals surface area contributed by atoms with Gasteiger partial charge in [-0.25, -0.2) is 13.2 Å². The minimum absolute atomic E-state index is 0.0579. The van der Waals surface area contributed by atoms with Gasteiger partial charge in [-0.1, -0.05) is 11.5 Å². The van der Waals surface area contributed by atoms with Crippen molar-refractivity contribution in [2.45, 2.75) is 0 Å². The van der Waals surface area contributed by atoms with Crippen LogP contribution in [0, 0.1) is 17.5 Å². The van der Waals surface area contributed by atoms with E-state index in [4.69, 9.17) is 7.85 Å². The smallest absolute Gasteiger partial charge is 0.136 e. The molecule has 68 valence electrons. The van der Waals surface area contributed by atoms with E-state index in [-0.39, 0.29) is 16.2 Å². The molecule has 0 unspecified atom stereocenters. The molecule has 2 aromatic rings. The molecular weight excluding hydrogens is 188 g/mol. The molecule has 0 fully saturated rings. The number of benzene rings is 2. The Hall–Kier alpha value is -1.45. The maximum absolute atomic E-state index is 13.2. The number of hydrogen-bond acceptors (Lipinski definition) is 0. The zero-order valence-electron chi connectivity index (χ0n) is 7.02. The minimum Gasteiger partial charge on any atom is -0.207 e. The van der Waals surface area contributed by atoms with Gasteiger partial charge in [-0.3, -0.25) is 0 Å². The Balaban J connectivity index is 3.00. The second-order valence-electron chi connectivity index (χ2n) is 2.95. The van der Waals surface area contributed by atoms with Crippen LogP contribution >= 0.6 is 0 Å². The third-order valence-electron chi connectivity index (χ3n) is 2.01. The normalized spacial score (nSPS) is 10.8. The first kappa shape index (κ1) is 9.12. The molecule has 0 amide bonds. The van der Waals surface area contributed by atoms with Crippen LogP contribution < -0.4 is 5.46 Å². The monoisotopic (exact) mass is 192 g/mol. The summed E-state index contributed by atoms with van der Waals surface area (Å²) in [5.74, 6) is -2.45. The average molecular weight is 192 g/mol. The molecule has 0 aliphatic carbocycles. The van der Waals surface area contributed by atoms with E-state index in [0.29, 0.717) is 6.07 Å². The maximum Gasteiger partial charge on any atom is 0.136 e. The second-order valence-corrected chi connectivity index (χ2v) is 2.95. The van der Waals surface area contributed by atoms with Crippen LogP contribution in [-0.2, 0) is 0 Å². The summed E-state index contributed by atoms with van der Waals surface area (Å²) in [5.41, 5.74) is 0.153. The van der Waals surface area contributed by atoms with Crippen molar-refractivity contribution in [3.8, 4) is 0 Å². The number of fused-ring (bicyclic) bond motifs is 1. The van der Waals surface area contributed by atoms with Crippen molar-refractivity contribution in [2.24, 2.45) is 0 Å². The highest BCUT2D eigenvalue weighted by Gasteiger charge is 2.09. The fourth-order valence-electron chi connectivity index (χ4n) is 1.38. The number of hydrogen-bond donors (Lipinski definition) is 0. The fourth-order valence-corrected chi connectivity index (χ4v) is 1.38. The lowest BCUT2D eigenvalue weighted by molar-refractivity contribution is 0.582. The van der Waals surface area contributed by atoms with Gasteiger partial charge in [-0.2, -0.15) is 0 Å². The van der Waals surface area contributed by atoms with Gasteiger partial charge in [0.1, 0.15) is 25.3 Å². The summed E-state index contributed by atoms with van der Waals surface area (Å²) in [7, 11) is 5.46. The Morgan fingerprint density at radius 3 is 2.36 bits per heavy atom. The first-order valence-electron chi connectivity index (χ1n) is 3.92. The van der Waals surface area contributed by atoms with Crippen molar-refractivity contribution < 1.29 is 13.2 Å². The van der Waals surface area contributed by atoms with E-state index < -0.39 is 17.5 Å². The highest BCUT2D eigenvalue weighted by Crippen LogP contribution is 2.20. The maximum atomic E-state index is 13.2. The fraction of sp³-hybridized carbons (Fsp3) is 0. The van der Waals surface area contributed by atoms with E-state index in [2.05, 4.69) is 0 Å². The standard InChI is InChI=1S/C10H4BF3/c11-7-1-2-8(13)10-6(7)3-5(12)4-9(10)14/h1-4H. The van der Waals surface area contributed by atoms with Crippen LogP contribution in [0.4, 0.5) is 13.2 Å². The summed E-state index contributed by atoms with van der Waals surface area (Å²) in [6.45, 7) is 0. The number of halogens is 3. The molecule has 0 aliphatic heterocycles. The van der Waals surface area contributed by atoms with Crippen molar-refractivity contribution >= 4 is 24.1 Å². The summed E-state index contributed by atoms with van der Waals surface area (Å²) >= 11 is 0. The van der Waals surface area contributed by atoms with Gasteiger partial charge in [0.25, 0.3) is 0 Å². The molecule has 0 nitrogen and oxygen atoms in total. The second kappa shape index (κ2) is 3.05. The molecule has 2 aromatic carbocycles. The molecule has 0 heterocycles. The summed E-state index contributed by atoms with van der Waals surface area (Å²) in [5, 5.41) is -0.214. The van der Waals surface area contributed by atoms with E-state index in [1.807, 2.05) is 0 Å². The molecule has 0 bridgehead atoms. The van der Waals surface area contributed by atoms with Crippen LogP contribution in [-0.4, -0.2) is 7.85 Å². The Labute approximate surface area is 79.8 Å². The topological polar surface area (TPSA) is 0 Å². The molecule has 0 spiro atoms. The summed E-state index contributed by atoms with van der Waals surface area (Å²) in [6.07, 6.45) is 0. The van der Waals surface area contributed by atoms with Gasteiger partial charge in [0, 0.05) is 6.07 Å². The van der Waals surface area contributed by atoms with Crippen molar-refractivity contribution in [2.75, 3.05) is 0 Å². The molecule has 2 radical (unpaired) electrons. The van der Waals surface area contributed by atoms with Crippen LogP contribution in [0.1, 0.15) is 0 Å². The van der Waals surface area contributed by atoms with E-state index in [9.17, 15) is 13.2 Å². The lowest BCUT2D eigenvalue weighted by Gasteiger charge is -2.04. The van der Waals surface area contributed by atoms with Gasteiger partial charge in [-0.15, -0.1) is 0 Å².